The van der Waals surface area contributed by atoms with Gasteiger partial charge in [-0.05, 0) is 42.4 Å². The molecule has 1 aromatic carbocycles. The molecule has 1 aromatic rings. The maximum atomic E-state index is 11.9. The molecule has 106 valence electrons. The van der Waals surface area contributed by atoms with E-state index in [0.717, 1.165) is 11.6 Å². The second-order valence-corrected chi connectivity index (χ2v) is 6.05. The zero-order valence-electron chi connectivity index (χ0n) is 11.0. The number of carbonyl (C=O) groups excluding carboxylic acids is 1. The van der Waals surface area contributed by atoms with Crippen molar-refractivity contribution in [3.63, 3.8) is 0 Å². The number of carbonyl (C=O) groups is 2. The second kappa shape index (κ2) is 7.14. The minimum absolute atomic E-state index is 0.0775. The van der Waals surface area contributed by atoms with Gasteiger partial charge in [-0.25, -0.2) is 4.79 Å². The van der Waals surface area contributed by atoms with E-state index in [9.17, 15) is 9.59 Å². The fourth-order valence-corrected chi connectivity index (χ4v) is 3.23. The molecule has 1 fully saturated rings. The molecule has 0 aliphatic carbocycles. The fraction of sp³-hybridized carbons (Fsp3) is 0.333. The Morgan fingerprint density at radius 2 is 2.10 bits per heavy atom. The van der Waals surface area contributed by atoms with E-state index in [4.69, 9.17) is 5.11 Å². The van der Waals surface area contributed by atoms with E-state index in [1.165, 1.54) is 24.7 Å². The van der Waals surface area contributed by atoms with Crippen molar-refractivity contribution in [1.82, 2.24) is 5.32 Å². The molecule has 1 saturated heterocycles. The Bertz CT molecular complexity index is 504. The predicted molar refractivity (Wildman–Crippen MR) is 80.9 cm³/mol. The number of rotatable bonds is 5. The number of hydrogen-bond acceptors (Lipinski definition) is 3. The Hall–Kier alpha value is -1.75. The van der Waals surface area contributed by atoms with Crippen LogP contribution < -0.4 is 5.32 Å². The van der Waals surface area contributed by atoms with Crippen molar-refractivity contribution in [3.05, 3.63) is 41.5 Å². The summed E-state index contributed by atoms with van der Waals surface area (Å²) in [6.45, 7) is 0.712. The highest BCUT2D eigenvalue weighted by Crippen LogP contribution is 2.25. The molecule has 1 aliphatic heterocycles. The maximum Gasteiger partial charge on any atom is 0.328 e. The number of benzene rings is 1. The van der Waals surface area contributed by atoms with Crippen molar-refractivity contribution in [2.75, 3.05) is 12.3 Å². The van der Waals surface area contributed by atoms with Crippen molar-refractivity contribution >= 4 is 29.7 Å². The van der Waals surface area contributed by atoms with Gasteiger partial charge >= 0.3 is 5.97 Å². The van der Waals surface area contributed by atoms with Crippen LogP contribution in [0.1, 0.15) is 28.8 Å². The lowest BCUT2D eigenvalue weighted by Crippen LogP contribution is -2.29. The van der Waals surface area contributed by atoms with E-state index in [2.05, 4.69) is 5.32 Å². The minimum atomic E-state index is -0.985. The summed E-state index contributed by atoms with van der Waals surface area (Å²) >= 11 is 1.91. The van der Waals surface area contributed by atoms with Crippen molar-refractivity contribution in [1.29, 1.82) is 0 Å². The molecular formula is C15H17NO3S. The first-order valence-electron chi connectivity index (χ1n) is 6.56. The van der Waals surface area contributed by atoms with Crippen molar-refractivity contribution in [2.45, 2.75) is 18.1 Å². The van der Waals surface area contributed by atoms with E-state index in [-0.39, 0.29) is 5.91 Å². The van der Waals surface area contributed by atoms with Crippen LogP contribution in [0.3, 0.4) is 0 Å². The van der Waals surface area contributed by atoms with Gasteiger partial charge in [-0.15, -0.1) is 0 Å². The summed E-state index contributed by atoms with van der Waals surface area (Å²) in [6.07, 6.45) is 4.98. The first-order valence-corrected chi connectivity index (χ1v) is 7.61. The van der Waals surface area contributed by atoms with Crippen LogP contribution in [0.5, 0.6) is 0 Å². The van der Waals surface area contributed by atoms with Gasteiger partial charge in [-0.1, -0.05) is 12.1 Å². The highest BCUT2D eigenvalue weighted by atomic mass is 32.2. The average molecular weight is 291 g/mol. The van der Waals surface area contributed by atoms with Crippen LogP contribution in [0, 0.1) is 0 Å². The lowest BCUT2D eigenvalue weighted by Gasteiger charge is -2.10. The Labute approximate surface area is 122 Å². The van der Waals surface area contributed by atoms with E-state index in [1.807, 2.05) is 11.8 Å². The highest BCUT2D eigenvalue weighted by molar-refractivity contribution is 8.00. The van der Waals surface area contributed by atoms with Gasteiger partial charge in [0.1, 0.15) is 0 Å². The normalized spacial score (nSPS) is 18.3. The molecule has 0 saturated carbocycles. The molecule has 0 radical (unpaired) electrons. The van der Waals surface area contributed by atoms with Gasteiger partial charge < -0.3 is 10.4 Å². The molecule has 0 spiro atoms. The monoisotopic (exact) mass is 291 g/mol. The number of hydrogen-bond donors (Lipinski definition) is 2. The zero-order valence-corrected chi connectivity index (χ0v) is 11.9. The number of carboxylic acid groups (broad SMARTS) is 1. The first-order chi connectivity index (χ1) is 9.65. The quantitative estimate of drug-likeness (QED) is 0.818. The Morgan fingerprint density at radius 3 is 2.70 bits per heavy atom. The first kappa shape index (κ1) is 14.7. The molecule has 20 heavy (non-hydrogen) atoms. The van der Waals surface area contributed by atoms with Gasteiger partial charge in [-0.3, -0.25) is 4.79 Å². The maximum absolute atomic E-state index is 11.9. The standard InChI is InChI=1S/C15H17NO3S/c17-14(18)8-5-11-3-6-12(7-4-11)15(19)16-10-13-2-1-9-20-13/h3-8,13H,1-2,9-10H2,(H,16,19)(H,17,18)/b8-5+. The van der Waals surface area contributed by atoms with Crippen molar-refractivity contribution < 1.29 is 14.7 Å². The predicted octanol–water partition coefficient (Wildman–Crippen LogP) is 2.41. The summed E-state index contributed by atoms with van der Waals surface area (Å²) in [7, 11) is 0. The lowest BCUT2D eigenvalue weighted by atomic mass is 10.1. The van der Waals surface area contributed by atoms with Gasteiger partial charge in [0, 0.05) is 23.4 Å². The van der Waals surface area contributed by atoms with Crippen LogP contribution >= 0.6 is 11.8 Å². The summed E-state index contributed by atoms with van der Waals surface area (Å²) in [6, 6.07) is 6.88. The molecule has 0 aromatic heterocycles. The number of aliphatic carboxylic acids is 1. The molecule has 1 atom stereocenters. The molecular weight excluding hydrogens is 274 g/mol. The summed E-state index contributed by atoms with van der Waals surface area (Å²) in [5.41, 5.74) is 1.36. The van der Waals surface area contributed by atoms with Crippen LogP contribution in [0.2, 0.25) is 0 Å². The third-order valence-corrected chi connectivity index (χ3v) is 4.50. The van der Waals surface area contributed by atoms with Gasteiger partial charge in [0.15, 0.2) is 0 Å². The van der Waals surface area contributed by atoms with Crippen molar-refractivity contribution in [2.24, 2.45) is 0 Å². The van der Waals surface area contributed by atoms with Crippen LogP contribution in [0.4, 0.5) is 0 Å². The third kappa shape index (κ3) is 4.42. The van der Waals surface area contributed by atoms with E-state index in [0.29, 0.717) is 17.4 Å². The molecule has 2 N–H and O–H groups in total. The van der Waals surface area contributed by atoms with E-state index >= 15 is 0 Å². The van der Waals surface area contributed by atoms with Crippen LogP contribution in [0.15, 0.2) is 30.3 Å². The summed E-state index contributed by atoms with van der Waals surface area (Å²) in [4.78, 5) is 22.4. The number of amides is 1. The lowest BCUT2D eigenvalue weighted by molar-refractivity contribution is -0.131. The molecule has 5 heteroatoms. The third-order valence-electron chi connectivity index (χ3n) is 3.11. The highest BCUT2D eigenvalue weighted by Gasteiger charge is 2.16. The Morgan fingerprint density at radius 1 is 1.35 bits per heavy atom. The SMILES string of the molecule is O=C(O)/C=C/c1ccc(C(=O)NCC2CCCS2)cc1. The van der Waals surface area contributed by atoms with Crippen LogP contribution in [-0.2, 0) is 4.79 Å². The van der Waals surface area contributed by atoms with Gasteiger partial charge in [0.2, 0.25) is 0 Å². The Kier molecular flexibility index (Phi) is 5.24. The molecule has 4 nitrogen and oxygen atoms in total. The smallest absolute Gasteiger partial charge is 0.328 e. The number of thioether (sulfide) groups is 1. The molecule has 1 unspecified atom stereocenters. The minimum Gasteiger partial charge on any atom is -0.478 e. The zero-order chi connectivity index (χ0) is 14.4. The van der Waals surface area contributed by atoms with Crippen LogP contribution in [0.25, 0.3) is 6.08 Å². The molecule has 1 aliphatic rings. The van der Waals surface area contributed by atoms with Gasteiger partial charge in [0.05, 0.1) is 0 Å². The van der Waals surface area contributed by atoms with Crippen LogP contribution in [-0.4, -0.2) is 34.5 Å². The van der Waals surface area contributed by atoms with E-state index in [1.54, 1.807) is 24.3 Å². The topological polar surface area (TPSA) is 66.4 Å². The Balaban J connectivity index is 1.88. The number of carboxylic acids is 1. The number of nitrogens with one attached hydrogen (secondary N) is 1. The van der Waals surface area contributed by atoms with Crippen molar-refractivity contribution in [3.8, 4) is 0 Å². The average Bonchev–Trinajstić information content (AvgIpc) is 2.96. The molecule has 1 heterocycles. The van der Waals surface area contributed by atoms with E-state index < -0.39 is 5.97 Å². The fourth-order valence-electron chi connectivity index (χ4n) is 2.03. The van der Waals surface area contributed by atoms with Gasteiger partial charge in [-0.2, -0.15) is 11.8 Å². The molecule has 1 amide bonds. The molecule has 0 bridgehead atoms. The largest absolute Gasteiger partial charge is 0.478 e. The van der Waals surface area contributed by atoms with Gasteiger partial charge in [0.25, 0.3) is 5.91 Å². The molecule has 2 rings (SSSR count). The summed E-state index contributed by atoms with van der Waals surface area (Å²) in [5.74, 6) is 0.123. The summed E-state index contributed by atoms with van der Waals surface area (Å²) < 4.78 is 0. The summed E-state index contributed by atoms with van der Waals surface area (Å²) in [5, 5.41) is 12.0. The second-order valence-electron chi connectivity index (χ2n) is 4.64.